The molecule has 0 atom stereocenters. The Hall–Kier alpha value is -2.76. The molecular weight excluding hydrogens is 503 g/mol. The van der Waals surface area contributed by atoms with Crippen molar-refractivity contribution in [1.82, 2.24) is 19.6 Å². The second-order valence-electron chi connectivity index (χ2n) is 10.1. The van der Waals surface area contributed by atoms with Gasteiger partial charge < -0.3 is 4.90 Å². The Balaban J connectivity index is 1.19. The van der Waals surface area contributed by atoms with E-state index in [1.165, 1.54) is 12.4 Å². The highest BCUT2D eigenvalue weighted by Gasteiger charge is 2.45. The molecule has 2 saturated heterocycles. The maximum atomic E-state index is 12.9. The van der Waals surface area contributed by atoms with Gasteiger partial charge in [-0.25, -0.2) is 23.1 Å². The molecule has 0 amide bonds. The fraction of sp³-hybridized carbons (Fsp3) is 0.462. The van der Waals surface area contributed by atoms with E-state index in [0.717, 1.165) is 51.1 Å². The maximum Gasteiger partial charge on any atom is 0.393 e. The van der Waals surface area contributed by atoms with E-state index in [1.807, 2.05) is 12.1 Å². The van der Waals surface area contributed by atoms with E-state index in [1.54, 1.807) is 31.2 Å². The van der Waals surface area contributed by atoms with Gasteiger partial charge in [-0.05, 0) is 61.3 Å². The van der Waals surface area contributed by atoms with Crippen molar-refractivity contribution in [3.63, 3.8) is 0 Å². The number of anilines is 1. The van der Waals surface area contributed by atoms with Crippen LogP contribution in [0.2, 0.25) is 0 Å². The van der Waals surface area contributed by atoms with E-state index in [9.17, 15) is 21.6 Å². The van der Waals surface area contributed by atoms with Crippen LogP contribution in [0.4, 0.5) is 19.0 Å². The van der Waals surface area contributed by atoms with Gasteiger partial charge in [0.15, 0.2) is 0 Å². The van der Waals surface area contributed by atoms with Crippen LogP contribution in [-0.4, -0.2) is 62.2 Å². The summed E-state index contributed by atoms with van der Waals surface area (Å²) < 4.78 is 65.5. The number of fused-ring (bicyclic) bond motifs is 1. The molecule has 1 spiro atoms. The number of likely N-dealkylation sites (tertiary alicyclic amines) is 1. The summed E-state index contributed by atoms with van der Waals surface area (Å²) in [5, 5.41) is 0.663. The first-order chi connectivity index (χ1) is 17.6. The third-order valence-electron chi connectivity index (χ3n) is 7.33. The van der Waals surface area contributed by atoms with Crippen LogP contribution >= 0.6 is 0 Å². The zero-order valence-electron chi connectivity index (χ0n) is 20.6. The molecule has 2 aliphatic heterocycles. The molecule has 1 aromatic heterocycles. The van der Waals surface area contributed by atoms with E-state index >= 15 is 0 Å². The third kappa shape index (κ3) is 5.73. The van der Waals surface area contributed by atoms with Crippen molar-refractivity contribution in [3.05, 3.63) is 59.9 Å². The zero-order valence-corrected chi connectivity index (χ0v) is 21.4. The van der Waals surface area contributed by atoms with Crippen LogP contribution in [-0.2, 0) is 23.0 Å². The van der Waals surface area contributed by atoms with Crippen LogP contribution in [0.5, 0.6) is 0 Å². The van der Waals surface area contributed by atoms with Crippen molar-refractivity contribution in [3.8, 4) is 0 Å². The first kappa shape index (κ1) is 25.9. The first-order valence-corrected chi connectivity index (χ1v) is 13.9. The number of nitrogens with zero attached hydrogens (tertiary/aromatic N) is 4. The fourth-order valence-corrected chi connectivity index (χ4v) is 6.45. The topological polar surface area (TPSA) is 78.4 Å². The van der Waals surface area contributed by atoms with Gasteiger partial charge in [-0.1, -0.05) is 25.1 Å². The summed E-state index contributed by atoms with van der Waals surface area (Å²) in [5.41, 5.74) is 2.12. The minimum Gasteiger partial charge on any atom is -0.355 e. The molecule has 0 unspecified atom stereocenters. The lowest BCUT2D eigenvalue weighted by molar-refractivity contribution is -0.127. The third-order valence-corrected chi connectivity index (χ3v) is 8.89. The van der Waals surface area contributed by atoms with Gasteiger partial charge in [0.25, 0.3) is 0 Å². The second kappa shape index (κ2) is 9.85. The quantitative estimate of drug-likeness (QED) is 0.492. The number of hydrogen-bond donors (Lipinski definition) is 1. The van der Waals surface area contributed by atoms with E-state index in [-0.39, 0.29) is 15.9 Å². The van der Waals surface area contributed by atoms with Crippen molar-refractivity contribution in [2.24, 2.45) is 5.41 Å². The van der Waals surface area contributed by atoms with Crippen LogP contribution in [0.15, 0.2) is 53.7 Å². The van der Waals surface area contributed by atoms with Crippen LogP contribution < -0.4 is 9.62 Å². The fourth-order valence-electron chi connectivity index (χ4n) is 5.40. The zero-order chi connectivity index (χ0) is 26.3. The van der Waals surface area contributed by atoms with Gasteiger partial charge in [-0.2, -0.15) is 13.2 Å². The smallest absolute Gasteiger partial charge is 0.355 e. The highest BCUT2D eigenvalue weighted by atomic mass is 32.2. The predicted molar refractivity (Wildman–Crippen MR) is 136 cm³/mol. The molecule has 5 rings (SSSR count). The molecule has 0 radical (unpaired) electrons. The number of hydrogen-bond acceptors (Lipinski definition) is 6. The highest BCUT2D eigenvalue weighted by molar-refractivity contribution is 7.89. The Bertz CT molecular complexity index is 1360. The number of nitrogens with one attached hydrogen (secondary N) is 1. The number of rotatable bonds is 7. The summed E-state index contributed by atoms with van der Waals surface area (Å²) in [6, 6.07) is 11.7. The maximum absolute atomic E-state index is 12.9. The molecule has 2 fully saturated rings. The summed E-state index contributed by atoms with van der Waals surface area (Å²) in [7, 11) is -3.45. The largest absolute Gasteiger partial charge is 0.393 e. The van der Waals surface area contributed by atoms with Crippen molar-refractivity contribution < 1.29 is 21.6 Å². The molecular formula is C26H30F3N5O2S. The lowest BCUT2D eigenvalue weighted by Gasteiger charge is -2.54. The average Bonchev–Trinajstić information content (AvgIpc) is 2.82. The Labute approximate surface area is 214 Å². The van der Waals surface area contributed by atoms with Gasteiger partial charge in [0.2, 0.25) is 10.0 Å². The number of halogens is 3. The minimum absolute atomic E-state index is 0.182. The Morgan fingerprint density at radius 1 is 1.00 bits per heavy atom. The molecule has 0 bridgehead atoms. The molecule has 7 nitrogen and oxygen atoms in total. The summed E-state index contributed by atoms with van der Waals surface area (Å²) in [6.45, 7) is 6.39. The predicted octanol–water partition coefficient (Wildman–Crippen LogP) is 4.14. The van der Waals surface area contributed by atoms with Crippen molar-refractivity contribution in [1.29, 1.82) is 0 Å². The van der Waals surface area contributed by atoms with E-state index in [0.29, 0.717) is 23.3 Å². The Kier molecular flexibility index (Phi) is 6.88. The summed E-state index contributed by atoms with van der Waals surface area (Å²) in [5.74, 6) is 0.703. The molecule has 3 aromatic rings. The number of benzene rings is 2. The average molecular weight is 534 g/mol. The molecule has 198 valence electrons. The monoisotopic (exact) mass is 533 g/mol. The molecule has 1 N–H and O–H groups in total. The van der Waals surface area contributed by atoms with Crippen LogP contribution in [0.1, 0.15) is 30.9 Å². The lowest BCUT2D eigenvalue weighted by atomic mass is 9.72. The highest BCUT2D eigenvalue weighted by Crippen LogP contribution is 2.43. The van der Waals surface area contributed by atoms with Gasteiger partial charge in [0.1, 0.15) is 12.1 Å². The summed E-state index contributed by atoms with van der Waals surface area (Å²) >= 11 is 0. The summed E-state index contributed by atoms with van der Waals surface area (Å²) in [4.78, 5) is 13.5. The SMILES string of the molecule is CCNS(=O)(=O)c1ccc(CN2CCC3(CC2)CN(c2ncnc4ccc(CC(F)(F)F)cc24)C3)cc1. The van der Waals surface area contributed by atoms with Crippen LogP contribution in [0.3, 0.4) is 0 Å². The van der Waals surface area contributed by atoms with E-state index in [2.05, 4.69) is 24.5 Å². The van der Waals surface area contributed by atoms with Gasteiger partial charge in [0, 0.05) is 37.0 Å². The van der Waals surface area contributed by atoms with Crippen LogP contribution in [0, 0.1) is 5.41 Å². The number of sulfonamides is 1. The summed E-state index contributed by atoms with van der Waals surface area (Å²) in [6.07, 6.45) is -1.70. The lowest BCUT2D eigenvalue weighted by Crippen LogP contribution is -2.60. The number of piperidine rings is 1. The first-order valence-electron chi connectivity index (χ1n) is 12.4. The molecule has 3 heterocycles. The van der Waals surface area contributed by atoms with Gasteiger partial charge in [-0.3, -0.25) is 4.90 Å². The Morgan fingerprint density at radius 3 is 2.32 bits per heavy atom. The molecule has 2 aliphatic rings. The minimum atomic E-state index is -4.26. The molecule has 11 heteroatoms. The van der Waals surface area contributed by atoms with Gasteiger partial charge >= 0.3 is 6.18 Å². The molecule has 0 aliphatic carbocycles. The van der Waals surface area contributed by atoms with Crippen molar-refractivity contribution in [2.75, 3.05) is 37.6 Å². The van der Waals surface area contributed by atoms with Gasteiger partial charge in [-0.15, -0.1) is 0 Å². The molecule has 0 saturated carbocycles. The van der Waals surface area contributed by atoms with Crippen molar-refractivity contribution in [2.45, 2.75) is 43.8 Å². The molecule has 37 heavy (non-hydrogen) atoms. The second-order valence-corrected chi connectivity index (χ2v) is 11.9. The number of alkyl halides is 3. The van der Waals surface area contributed by atoms with Gasteiger partial charge in [0.05, 0.1) is 16.8 Å². The number of aromatic nitrogens is 2. The Morgan fingerprint density at radius 2 is 1.68 bits per heavy atom. The van der Waals surface area contributed by atoms with E-state index < -0.39 is 22.6 Å². The molecule has 2 aromatic carbocycles. The normalized spacial score (nSPS) is 18.3. The van der Waals surface area contributed by atoms with Crippen LogP contribution in [0.25, 0.3) is 10.9 Å². The van der Waals surface area contributed by atoms with Crippen molar-refractivity contribution >= 4 is 26.7 Å². The standard InChI is InChI=1S/C26H30F3N5O2S/c1-2-32-37(35,36)21-6-3-19(4-7-21)15-33-11-9-25(10-12-33)16-34(17-25)24-22-13-20(14-26(27,28)29)5-8-23(22)30-18-31-24/h3-8,13,18,32H,2,9-12,14-17H2,1H3. The van der Waals surface area contributed by atoms with E-state index in [4.69, 9.17) is 0 Å².